The van der Waals surface area contributed by atoms with E-state index in [1.165, 1.54) is 10.8 Å². The number of hydrogen-bond donors (Lipinski definition) is 1. The van der Waals surface area contributed by atoms with Crippen LogP contribution in [0, 0.1) is 10.1 Å². The predicted octanol–water partition coefficient (Wildman–Crippen LogP) is 4.95. The third-order valence-electron chi connectivity index (χ3n) is 4.70. The summed E-state index contributed by atoms with van der Waals surface area (Å²) in [6.07, 6.45) is 6.21. The van der Waals surface area contributed by atoms with Crippen molar-refractivity contribution >= 4 is 46.4 Å². The van der Waals surface area contributed by atoms with Gasteiger partial charge in [0.2, 0.25) is 5.82 Å². The molecule has 0 saturated carbocycles. The van der Waals surface area contributed by atoms with Crippen LogP contribution in [0.4, 0.5) is 5.82 Å². The number of hydrogen-bond acceptors (Lipinski definition) is 5. The minimum absolute atomic E-state index is 0.0443. The zero-order valence-electron chi connectivity index (χ0n) is 16.2. The molecule has 0 amide bonds. The van der Waals surface area contributed by atoms with Crippen molar-refractivity contribution in [3.05, 3.63) is 93.0 Å². The van der Waals surface area contributed by atoms with Crippen LogP contribution in [0.25, 0.3) is 23.1 Å². The van der Waals surface area contributed by atoms with Gasteiger partial charge in [-0.1, -0.05) is 41.9 Å². The van der Waals surface area contributed by atoms with Crippen LogP contribution in [-0.4, -0.2) is 32.0 Å². The van der Waals surface area contributed by atoms with Crippen LogP contribution in [0.1, 0.15) is 21.7 Å². The smallest absolute Gasteiger partial charge is 0.343 e. The fraction of sp³-hybridized carbons (Fsp3) is 0.0909. The maximum absolute atomic E-state index is 12.5. The van der Waals surface area contributed by atoms with Gasteiger partial charge in [0, 0.05) is 28.2 Å². The maximum atomic E-state index is 12.5. The lowest BCUT2D eigenvalue weighted by molar-refractivity contribution is -0.392. The molecule has 0 bridgehead atoms. The Labute approximate surface area is 181 Å². The van der Waals surface area contributed by atoms with Gasteiger partial charge in [-0.3, -0.25) is 0 Å². The standard InChI is InChI=1S/C22H17ClN4O4/c23-16-8-5-15(6-9-16)7-10-20-25-14-21(27(29)30)26(20)11-12-31-22(28)18-13-24-19-4-2-1-3-17(18)19/h1-10,13-14,24H,11-12H2/b10-7+. The summed E-state index contributed by atoms with van der Waals surface area (Å²) >= 11 is 5.89. The molecule has 156 valence electrons. The van der Waals surface area contributed by atoms with E-state index >= 15 is 0 Å². The molecule has 9 heteroatoms. The van der Waals surface area contributed by atoms with Gasteiger partial charge in [0.15, 0.2) is 0 Å². The van der Waals surface area contributed by atoms with Crippen molar-refractivity contribution in [2.45, 2.75) is 6.54 Å². The number of nitrogens with one attached hydrogen (secondary N) is 1. The first-order valence-electron chi connectivity index (χ1n) is 9.40. The van der Waals surface area contributed by atoms with E-state index < -0.39 is 10.9 Å². The lowest BCUT2D eigenvalue weighted by Gasteiger charge is -2.05. The quantitative estimate of drug-likeness (QED) is 0.251. The van der Waals surface area contributed by atoms with Crippen molar-refractivity contribution in [3.63, 3.8) is 0 Å². The van der Waals surface area contributed by atoms with Crippen LogP contribution in [0.5, 0.6) is 0 Å². The van der Waals surface area contributed by atoms with Gasteiger partial charge < -0.3 is 19.8 Å². The molecule has 1 N–H and O–H groups in total. The number of fused-ring (bicyclic) bond motifs is 1. The molecule has 2 aromatic heterocycles. The number of benzene rings is 2. The topological polar surface area (TPSA) is 103 Å². The highest BCUT2D eigenvalue weighted by Gasteiger charge is 2.20. The molecule has 0 radical (unpaired) electrons. The number of ether oxygens (including phenoxy) is 1. The lowest BCUT2D eigenvalue weighted by atomic mass is 10.2. The molecule has 2 heterocycles. The van der Waals surface area contributed by atoms with Crippen LogP contribution in [0.2, 0.25) is 5.02 Å². The van der Waals surface area contributed by atoms with E-state index in [2.05, 4.69) is 9.97 Å². The second kappa shape index (κ2) is 8.85. The molecule has 31 heavy (non-hydrogen) atoms. The van der Waals surface area contributed by atoms with Gasteiger partial charge in [-0.15, -0.1) is 0 Å². The molecule has 4 rings (SSSR count). The highest BCUT2D eigenvalue weighted by atomic mass is 35.5. The van der Waals surface area contributed by atoms with Gasteiger partial charge in [0.1, 0.15) is 19.3 Å². The maximum Gasteiger partial charge on any atom is 0.343 e. The van der Waals surface area contributed by atoms with Crippen LogP contribution in [0.3, 0.4) is 0 Å². The van der Waals surface area contributed by atoms with Crippen molar-refractivity contribution in [1.82, 2.24) is 14.5 Å². The Kier molecular flexibility index (Phi) is 5.81. The average molecular weight is 437 g/mol. The molecule has 8 nitrogen and oxygen atoms in total. The van der Waals surface area contributed by atoms with Gasteiger partial charge in [0.25, 0.3) is 0 Å². The Morgan fingerprint density at radius 3 is 2.74 bits per heavy atom. The van der Waals surface area contributed by atoms with E-state index in [0.29, 0.717) is 16.4 Å². The fourth-order valence-corrected chi connectivity index (χ4v) is 3.31. The number of nitrogens with zero attached hydrogens (tertiary/aromatic N) is 3. The van der Waals surface area contributed by atoms with E-state index in [9.17, 15) is 14.9 Å². The van der Waals surface area contributed by atoms with Gasteiger partial charge in [0.05, 0.1) is 5.56 Å². The molecule has 0 aliphatic rings. The number of H-pyrrole nitrogens is 1. The molecule has 0 aliphatic heterocycles. The summed E-state index contributed by atoms with van der Waals surface area (Å²) in [5.74, 6) is -0.304. The number of halogens is 1. The zero-order chi connectivity index (χ0) is 21.8. The average Bonchev–Trinajstić information content (AvgIpc) is 3.37. The number of nitro groups is 1. The number of carbonyl (C=O) groups is 1. The summed E-state index contributed by atoms with van der Waals surface area (Å²) in [7, 11) is 0. The van der Waals surface area contributed by atoms with Crippen LogP contribution in [0.15, 0.2) is 60.9 Å². The summed E-state index contributed by atoms with van der Waals surface area (Å²) in [4.78, 5) is 30.5. The molecular weight excluding hydrogens is 420 g/mol. The second-order valence-corrected chi connectivity index (χ2v) is 7.09. The number of rotatable bonds is 7. The van der Waals surface area contributed by atoms with E-state index in [4.69, 9.17) is 16.3 Å². The molecule has 0 fully saturated rings. The predicted molar refractivity (Wildman–Crippen MR) is 118 cm³/mol. The normalized spacial score (nSPS) is 11.3. The summed E-state index contributed by atoms with van der Waals surface area (Å²) in [6, 6.07) is 14.5. The van der Waals surface area contributed by atoms with Crippen LogP contribution in [-0.2, 0) is 11.3 Å². The first kappa shape index (κ1) is 20.4. The monoisotopic (exact) mass is 436 g/mol. The van der Waals surface area contributed by atoms with Crippen molar-refractivity contribution in [1.29, 1.82) is 0 Å². The van der Waals surface area contributed by atoms with Crippen LogP contribution < -0.4 is 0 Å². The summed E-state index contributed by atoms with van der Waals surface area (Å²) in [6.45, 7) is 0.0437. The van der Waals surface area contributed by atoms with E-state index in [1.54, 1.807) is 30.5 Å². The Hall–Kier alpha value is -3.91. The third kappa shape index (κ3) is 4.49. The largest absolute Gasteiger partial charge is 0.458 e. The SMILES string of the molecule is O=C(OCCn1c([N+](=O)[O-])cnc1/C=C/c1ccc(Cl)cc1)c1c[nH]c2ccccc12. The fourth-order valence-electron chi connectivity index (χ4n) is 3.18. The molecule has 0 unspecified atom stereocenters. The van der Waals surface area contributed by atoms with E-state index in [1.807, 2.05) is 36.4 Å². The summed E-state index contributed by atoms with van der Waals surface area (Å²) in [5.41, 5.74) is 2.11. The van der Waals surface area contributed by atoms with Gasteiger partial charge >= 0.3 is 11.8 Å². The molecule has 0 atom stereocenters. The third-order valence-corrected chi connectivity index (χ3v) is 4.96. The van der Waals surface area contributed by atoms with Crippen molar-refractivity contribution in [2.24, 2.45) is 0 Å². The Bertz CT molecular complexity index is 1270. The van der Waals surface area contributed by atoms with E-state index in [-0.39, 0.29) is 19.0 Å². The molecule has 0 aliphatic carbocycles. The zero-order valence-corrected chi connectivity index (χ0v) is 17.0. The highest BCUT2D eigenvalue weighted by molar-refractivity contribution is 6.30. The molecule has 0 saturated heterocycles. The summed E-state index contributed by atoms with van der Waals surface area (Å²) < 4.78 is 6.76. The van der Waals surface area contributed by atoms with Crippen molar-refractivity contribution in [2.75, 3.05) is 6.61 Å². The molecule has 2 aromatic carbocycles. The van der Waals surface area contributed by atoms with Gasteiger partial charge in [-0.05, 0) is 34.8 Å². The van der Waals surface area contributed by atoms with Crippen LogP contribution >= 0.6 is 11.6 Å². The first-order chi connectivity index (χ1) is 15.0. The summed E-state index contributed by atoms with van der Waals surface area (Å²) in [5, 5.41) is 12.7. The second-order valence-electron chi connectivity index (χ2n) is 6.65. The first-order valence-corrected chi connectivity index (χ1v) is 9.77. The Morgan fingerprint density at radius 1 is 1.19 bits per heavy atom. The molecular formula is C22H17ClN4O4. The van der Waals surface area contributed by atoms with Gasteiger partial charge in [-0.2, -0.15) is 0 Å². The van der Waals surface area contributed by atoms with Crippen molar-refractivity contribution in [3.8, 4) is 0 Å². The Morgan fingerprint density at radius 2 is 1.97 bits per heavy atom. The molecule has 0 spiro atoms. The molecule has 4 aromatic rings. The van der Waals surface area contributed by atoms with Crippen molar-refractivity contribution < 1.29 is 14.5 Å². The number of aromatic amines is 1. The minimum atomic E-state index is -0.520. The highest BCUT2D eigenvalue weighted by Crippen LogP contribution is 2.20. The van der Waals surface area contributed by atoms with Gasteiger partial charge in [-0.25, -0.2) is 14.3 Å². The minimum Gasteiger partial charge on any atom is -0.458 e. The number of imidazole rings is 1. The number of carbonyl (C=O) groups excluding carboxylic acids is 1. The van der Waals surface area contributed by atoms with E-state index in [0.717, 1.165) is 16.5 Å². The Balaban J connectivity index is 1.48. The number of esters is 1. The number of para-hydroxylation sites is 1. The number of aromatic nitrogens is 3. The lowest BCUT2D eigenvalue weighted by Crippen LogP contribution is -2.13.